The summed E-state index contributed by atoms with van der Waals surface area (Å²) in [6, 6.07) is 8.44. The van der Waals surface area contributed by atoms with E-state index in [1.54, 1.807) is 7.05 Å². The van der Waals surface area contributed by atoms with Crippen LogP contribution in [0.4, 0.5) is 0 Å². The molecule has 1 aromatic heterocycles. The van der Waals surface area contributed by atoms with Crippen LogP contribution in [-0.4, -0.2) is 17.5 Å². The van der Waals surface area contributed by atoms with Crippen molar-refractivity contribution in [2.75, 3.05) is 7.05 Å². The van der Waals surface area contributed by atoms with Gasteiger partial charge in [-0.3, -0.25) is 10.2 Å². The van der Waals surface area contributed by atoms with E-state index in [0.29, 0.717) is 6.42 Å². The molecule has 0 atom stereocenters. The van der Waals surface area contributed by atoms with E-state index in [9.17, 15) is 4.79 Å². The van der Waals surface area contributed by atoms with Crippen LogP contribution in [0.5, 0.6) is 0 Å². The number of aromatic nitrogens is 1. The minimum atomic E-state index is 0.0559. The molecule has 0 saturated heterocycles. The lowest BCUT2D eigenvalue weighted by Crippen LogP contribution is -2.33. The van der Waals surface area contributed by atoms with E-state index in [1.165, 1.54) is 16.5 Å². The Morgan fingerprint density at radius 1 is 1.26 bits per heavy atom. The highest BCUT2D eigenvalue weighted by molar-refractivity contribution is 5.83. The van der Waals surface area contributed by atoms with Crippen molar-refractivity contribution in [3.05, 3.63) is 36.0 Å². The Hall–Kier alpha value is -1.81. The van der Waals surface area contributed by atoms with Crippen LogP contribution in [0.25, 0.3) is 10.9 Å². The SMILES string of the molecule is CNNC(=O)CCCCc1cn(C)c2ccccc12. The maximum absolute atomic E-state index is 11.3. The maximum Gasteiger partial charge on any atom is 0.234 e. The van der Waals surface area contributed by atoms with Gasteiger partial charge in [0.15, 0.2) is 0 Å². The largest absolute Gasteiger partial charge is 0.350 e. The lowest BCUT2D eigenvalue weighted by molar-refractivity contribution is -0.122. The Morgan fingerprint density at radius 2 is 2.05 bits per heavy atom. The number of benzene rings is 1. The number of aryl methyl sites for hydroxylation is 2. The minimum absolute atomic E-state index is 0.0559. The van der Waals surface area contributed by atoms with Crippen LogP contribution in [0.1, 0.15) is 24.8 Å². The van der Waals surface area contributed by atoms with Crippen molar-refractivity contribution in [3.63, 3.8) is 0 Å². The molecule has 4 heteroatoms. The molecule has 0 aliphatic rings. The van der Waals surface area contributed by atoms with Crippen molar-refractivity contribution in [1.82, 2.24) is 15.4 Å². The normalized spacial score (nSPS) is 10.8. The summed E-state index contributed by atoms with van der Waals surface area (Å²) in [5.41, 5.74) is 7.87. The number of carbonyl (C=O) groups is 1. The monoisotopic (exact) mass is 259 g/mol. The molecule has 4 nitrogen and oxygen atoms in total. The van der Waals surface area contributed by atoms with Gasteiger partial charge in [-0.2, -0.15) is 0 Å². The Balaban J connectivity index is 1.90. The van der Waals surface area contributed by atoms with Crippen molar-refractivity contribution >= 4 is 16.8 Å². The number of unbranched alkanes of at least 4 members (excludes halogenated alkanes) is 1. The fourth-order valence-electron chi connectivity index (χ4n) is 2.43. The number of hydrazine groups is 1. The first-order valence-corrected chi connectivity index (χ1v) is 6.71. The number of para-hydroxylation sites is 1. The summed E-state index contributed by atoms with van der Waals surface area (Å²) in [7, 11) is 3.78. The van der Waals surface area contributed by atoms with Crippen molar-refractivity contribution in [2.24, 2.45) is 7.05 Å². The fraction of sp³-hybridized carbons (Fsp3) is 0.400. The zero-order valence-electron chi connectivity index (χ0n) is 11.6. The summed E-state index contributed by atoms with van der Waals surface area (Å²) in [5.74, 6) is 0.0559. The van der Waals surface area contributed by atoms with Crippen LogP contribution in [0.3, 0.4) is 0 Å². The number of fused-ring (bicyclic) bond motifs is 1. The molecule has 1 aromatic carbocycles. The van der Waals surface area contributed by atoms with Gasteiger partial charge < -0.3 is 4.57 Å². The molecule has 19 heavy (non-hydrogen) atoms. The Labute approximate surface area is 113 Å². The van der Waals surface area contributed by atoms with E-state index in [1.807, 2.05) is 0 Å². The second kappa shape index (κ2) is 6.38. The fourth-order valence-corrected chi connectivity index (χ4v) is 2.43. The molecule has 0 unspecified atom stereocenters. The summed E-state index contributed by atoms with van der Waals surface area (Å²) < 4.78 is 2.17. The lowest BCUT2D eigenvalue weighted by Gasteiger charge is -2.02. The van der Waals surface area contributed by atoms with Gasteiger partial charge in [0.25, 0.3) is 0 Å². The molecule has 2 aromatic rings. The summed E-state index contributed by atoms with van der Waals surface area (Å²) in [6.07, 6.45) is 5.74. The standard InChI is InChI=1S/C15H21N3O/c1-16-17-15(19)10-6-3-7-12-11-18(2)14-9-5-4-8-13(12)14/h4-5,8-9,11,16H,3,6-7,10H2,1-2H3,(H,17,19). The van der Waals surface area contributed by atoms with Gasteiger partial charge in [0.05, 0.1) is 0 Å². The van der Waals surface area contributed by atoms with Gasteiger partial charge in [0.2, 0.25) is 5.91 Å². The maximum atomic E-state index is 11.3. The van der Waals surface area contributed by atoms with Gasteiger partial charge in [-0.15, -0.1) is 0 Å². The van der Waals surface area contributed by atoms with Crippen LogP contribution < -0.4 is 10.9 Å². The molecule has 0 fully saturated rings. The zero-order valence-corrected chi connectivity index (χ0v) is 11.6. The van der Waals surface area contributed by atoms with E-state index in [-0.39, 0.29) is 5.91 Å². The second-order valence-corrected chi connectivity index (χ2v) is 4.79. The van der Waals surface area contributed by atoms with E-state index in [0.717, 1.165) is 19.3 Å². The van der Waals surface area contributed by atoms with Crippen LogP contribution in [0, 0.1) is 0 Å². The van der Waals surface area contributed by atoms with Crippen molar-refractivity contribution in [1.29, 1.82) is 0 Å². The molecule has 0 bridgehead atoms. The van der Waals surface area contributed by atoms with E-state index in [4.69, 9.17) is 0 Å². The Kier molecular flexibility index (Phi) is 4.58. The minimum Gasteiger partial charge on any atom is -0.350 e. The molecule has 1 heterocycles. The molecular formula is C15H21N3O. The molecule has 0 radical (unpaired) electrons. The third-order valence-corrected chi connectivity index (χ3v) is 3.34. The molecule has 0 spiro atoms. The Morgan fingerprint density at radius 3 is 2.84 bits per heavy atom. The first-order valence-electron chi connectivity index (χ1n) is 6.71. The summed E-state index contributed by atoms with van der Waals surface area (Å²) >= 11 is 0. The summed E-state index contributed by atoms with van der Waals surface area (Å²) in [5, 5.41) is 1.32. The average molecular weight is 259 g/mol. The van der Waals surface area contributed by atoms with Crippen molar-refractivity contribution in [3.8, 4) is 0 Å². The molecule has 1 amide bonds. The predicted molar refractivity (Wildman–Crippen MR) is 77.7 cm³/mol. The highest BCUT2D eigenvalue weighted by Gasteiger charge is 2.06. The van der Waals surface area contributed by atoms with Gasteiger partial charge in [-0.05, 0) is 30.9 Å². The topological polar surface area (TPSA) is 46.1 Å². The quantitative estimate of drug-likeness (QED) is 0.617. The first kappa shape index (κ1) is 13.6. The average Bonchev–Trinajstić information content (AvgIpc) is 2.73. The number of carbonyl (C=O) groups excluding carboxylic acids is 1. The number of hydrogen-bond donors (Lipinski definition) is 2. The molecule has 0 aliphatic heterocycles. The predicted octanol–water partition coefficient (Wildman–Crippen LogP) is 2.14. The first-order chi connectivity index (χ1) is 9.22. The highest BCUT2D eigenvalue weighted by atomic mass is 16.2. The zero-order chi connectivity index (χ0) is 13.7. The lowest BCUT2D eigenvalue weighted by atomic mass is 10.1. The van der Waals surface area contributed by atoms with Crippen LogP contribution in [0.15, 0.2) is 30.5 Å². The van der Waals surface area contributed by atoms with E-state index in [2.05, 4.69) is 52.9 Å². The third kappa shape index (κ3) is 3.35. The van der Waals surface area contributed by atoms with Gasteiger partial charge in [-0.25, -0.2) is 5.43 Å². The second-order valence-electron chi connectivity index (χ2n) is 4.79. The number of nitrogens with one attached hydrogen (secondary N) is 2. The van der Waals surface area contributed by atoms with Crippen LogP contribution in [0.2, 0.25) is 0 Å². The molecule has 0 aliphatic carbocycles. The van der Waals surface area contributed by atoms with E-state index < -0.39 is 0 Å². The van der Waals surface area contributed by atoms with Crippen LogP contribution >= 0.6 is 0 Å². The summed E-state index contributed by atoms with van der Waals surface area (Å²) in [4.78, 5) is 11.3. The van der Waals surface area contributed by atoms with Gasteiger partial charge >= 0.3 is 0 Å². The third-order valence-electron chi connectivity index (χ3n) is 3.34. The molecule has 102 valence electrons. The molecule has 0 saturated carbocycles. The smallest absolute Gasteiger partial charge is 0.234 e. The molecular weight excluding hydrogens is 238 g/mol. The van der Waals surface area contributed by atoms with E-state index >= 15 is 0 Å². The van der Waals surface area contributed by atoms with Gasteiger partial charge in [-0.1, -0.05) is 18.2 Å². The summed E-state index contributed by atoms with van der Waals surface area (Å²) in [6.45, 7) is 0. The van der Waals surface area contributed by atoms with Crippen molar-refractivity contribution in [2.45, 2.75) is 25.7 Å². The van der Waals surface area contributed by atoms with Gasteiger partial charge in [0.1, 0.15) is 0 Å². The number of hydrogen-bond acceptors (Lipinski definition) is 2. The number of nitrogens with zero attached hydrogens (tertiary/aromatic N) is 1. The highest BCUT2D eigenvalue weighted by Crippen LogP contribution is 2.21. The number of rotatable bonds is 6. The van der Waals surface area contributed by atoms with Crippen LogP contribution in [-0.2, 0) is 18.3 Å². The number of amides is 1. The molecule has 2 N–H and O–H groups in total. The van der Waals surface area contributed by atoms with Crippen molar-refractivity contribution < 1.29 is 4.79 Å². The van der Waals surface area contributed by atoms with Gasteiger partial charge in [0, 0.05) is 37.6 Å². The molecule has 2 rings (SSSR count). The Bertz CT molecular complexity index is 560.